The predicted octanol–water partition coefficient (Wildman–Crippen LogP) is 5.12. The number of ether oxygens (including phenoxy) is 1. The molecule has 0 unspecified atom stereocenters. The standard InChI is InChI=1S/C23H13F3N2O/c1-29-18-12-27-23(28-13-18)17-6-5-15(21(25)11-17)4-2-14-3-8-19-16(10-14)7-9-20(24)22(19)26/h3,5-13H,1H3. The highest BCUT2D eigenvalue weighted by Gasteiger charge is 2.08. The largest absolute Gasteiger partial charge is 0.494 e. The molecular formula is C23H13F3N2O. The number of benzene rings is 3. The minimum atomic E-state index is -0.903. The van der Waals surface area contributed by atoms with Gasteiger partial charge in [0, 0.05) is 16.5 Å². The molecule has 4 aromatic rings. The zero-order chi connectivity index (χ0) is 20.4. The number of aromatic nitrogens is 2. The van der Waals surface area contributed by atoms with Gasteiger partial charge in [0.2, 0.25) is 0 Å². The van der Waals surface area contributed by atoms with Gasteiger partial charge in [0.05, 0.1) is 25.1 Å². The molecule has 0 N–H and O–H groups in total. The molecule has 0 radical (unpaired) electrons. The molecule has 1 aromatic heterocycles. The van der Waals surface area contributed by atoms with Crippen LogP contribution in [0.1, 0.15) is 11.1 Å². The van der Waals surface area contributed by atoms with Crippen molar-refractivity contribution in [2.24, 2.45) is 0 Å². The molecule has 6 heteroatoms. The van der Waals surface area contributed by atoms with Gasteiger partial charge < -0.3 is 4.74 Å². The number of fused-ring (bicyclic) bond motifs is 1. The lowest BCUT2D eigenvalue weighted by Crippen LogP contribution is -1.93. The fraction of sp³-hybridized carbons (Fsp3) is 0.0435. The molecule has 0 aliphatic rings. The molecule has 0 spiro atoms. The Hall–Kier alpha value is -3.85. The summed E-state index contributed by atoms with van der Waals surface area (Å²) in [7, 11) is 1.51. The van der Waals surface area contributed by atoms with E-state index in [1.165, 1.54) is 37.7 Å². The van der Waals surface area contributed by atoms with Gasteiger partial charge in [-0.1, -0.05) is 24.0 Å². The minimum absolute atomic E-state index is 0.172. The van der Waals surface area contributed by atoms with Crippen molar-refractivity contribution >= 4 is 10.8 Å². The topological polar surface area (TPSA) is 35.0 Å². The Bertz CT molecular complexity index is 1280. The number of methoxy groups -OCH3 is 1. The van der Waals surface area contributed by atoms with Crippen molar-refractivity contribution < 1.29 is 17.9 Å². The predicted molar refractivity (Wildman–Crippen MR) is 104 cm³/mol. The highest BCUT2D eigenvalue weighted by molar-refractivity contribution is 5.84. The van der Waals surface area contributed by atoms with Gasteiger partial charge >= 0.3 is 0 Å². The first kappa shape index (κ1) is 18.5. The SMILES string of the molecule is COc1cnc(-c2ccc(C#Cc3ccc4c(F)c(F)ccc4c3)c(F)c2)nc1. The Morgan fingerprint density at radius 2 is 1.62 bits per heavy atom. The monoisotopic (exact) mass is 390 g/mol. The summed E-state index contributed by atoms with van der Waals surface area (Å²) in [6.45, 7) is 0. The van der Waals surface area contributed by atoms with Crippen molar-refractivity contribution in [3.05, 3.63) is 89.5 Å². The molecule has 29 heavy (non-hydrogen) atoms. The third kappa shape index (κ3) is 3.76. The quantitative estimate of drug-likeness (QED) is 0.446. The van der Waals surface area contributed by atoms with Crippen LogP contribution in [-0.2, 0) is 0 Å². The molecule has 1 heterocycles. The third-order valence-electron chi connectivity index (χ3n) is 4.34. The van der Waals surface area contributed by atoms with E-state index >= 15 is 0 Å². The van der Waals surface area contributed by atoms with Crippen LogP contribution in [-0.4, -0.2) is 17.1 Å². The highest BCUT2D eigenvalue weighted by Crippen LogP contribution is 2.22. The summed E-state index contributed by atoms with van der Waals surface area (Å²) in [6.07, 6.45) is 3.00. The average molecular weight is 390 g/mol. The summed E-state index contributed by atoms with van der Waals surface area (Å²) >= 11 is 0. The molecule has 0 aliphatic carbocycles. The highest BCUT2D eigenvalue weighted by atomic mass is 19.2. The van der Waals surface area contributed by atoms with Crippen LogP contribution in [0.25, 0.3) is 22.2 Å². The summed E-state index contributed by atoms with van der Waals surface area (Å²) in [5, 5.41) is 0.689. The Morgan fingerprint density at radius 3 is 2.34 bits per heavy atom. The van der Waals surface area contributed by atoms with Gasteiger partial charge in [0.15, 0.2) is 23.2 Å². The normalized spacial score (nSPS) is 10.5. The average Bonchev–Trinajstić information content (AvgIpc) is 2.75. The summed E-state index contributed by atoms with van der Waals surface area (Å²) in [5.41, 5.74) is 1.28. The first-order valence-electron chi connectivity index (χ1n) is 8.61. The van der Waals surface area contributed by atoms with Gasteiger partial charge in [-0.05, 0) is 41.8 Å². The van der Waals surface area contributed by atoms with E-state index in [9.17, 15) is 13.2 Å². The van der Waals surface area contributed by atoms with Crippen LogP contribution in [0.15, 0.2) is 60.9 Å². The van der Waals surface area contributed by atoms with Gasteiger partial charge in [-0.3, -0.25) is 0 Å². The van der Waals surface area contributed by atoms with Crippen LogP contribution >= 0.6 is 0 Å². The van der Waals surface area contributed by atoms with Crippen LogP contribution in [0.4, 0.5) is 13.2 Å². The van der Waals surface area contributed by atoms with Crippen LogP contribution in [0.2, 0.25) is 0 Å². The number of halogens is 3. The lowest BCUT2D eigenvalue weighted by atomic mass is 10.1. The van der Waals surface area contributed by atoms with E-state index in [4.69, 9.17) is 4.74 Å². The van der Waals surface area contributed by atoms with E-state index in [2.05, 4.69) is 21.8 Å². The second-order valence-corrected chi connectivity index (χ2v) is 6.19. The van der Waals surface area contributed by atoms with Crippen molar-refractivity contribution in [3.63, 3.8) is 0 Å². The van der Waals surface area contributed by atoms with Crippen LogP contribution in [0.5, 0.6) is 5.75 Å². The molecule has 0 aliphatic heterocycles. The maximum absolute atomic E-state index is 14.5. The molecule has 142 valence electrons. The zero-order valence-electron chi connectivity index (χ0n) is 15.2. The van der Waals surface area contributed by atoms with Crippen molar-refractivity contribution in [2.75, 3.05) is 7.11 Å². The molecule has 0 amide bonds. The Morgan fingerprint density at radius 1 is 0.828 bits per heavy atom. The molecule has 0 fully saturated rings. The Kier molecular flexibility index (Phi) is 4.88. The fourth-order valence-electron chi connectivity index (χ4n) is 2.81. The maximum atomic E-state index is 14.5. The molecule has 3 aromatic carbocycles. The molecule has 0 bridgehead atoms. The second-order valence-electron chi connectivity index (χ2n) is 6.19. The Balaban J connectivity index is 1.62. The first-order chi connectivity index (χ1) is 14.0. The van der Waals surface area contributed by atoms with E-state index in [1.807, 2.05) is 0 Å². The van der Waals surface area contributed by atoms with Gasteiger partial charge in [-0.15, -0.1) is 0 Å². The summed E-state index contributed by atoms with van der Waals surface area (Å²) < 4.78 is 46.5. The zero-order valence-corrected chi connectivity index (χ0v) is 15.2. The number of hydrogen-bond donors (Lipinski definition) is 0. The van der Waals surface area contributed by atoms with Crippen molar-refractivity contribution in [1.29, 1.82) is 0 Å². The molecule has 3 nitrogen and oxygen atoms in total. The molecule has 0 saturated heterocycles. The maximum Gasteiger partial charge on any atom is 0.166 e. The third-order valence-corrected chi connectivity index (χ3v) is 4.34. The first-order valence-corrected chi connectivity index (χ1v) is 8.61. The van der Waals surface area contributed by atoms with Gasteiger partial charge in [-0.2, -0.15) is 0 Å². The van der Waals surface area contributed by atoms with Crippen molar-refractivity contribution in [1.82, 2.24) is 9.97 Å². The summed E-state index contributed by atoms with van der Waals surface area (Å²) in [5.74, 6) is 4.18. The van der Waals surface area contributed by atoms with E-state index < -0.39 is 17.5 Å². The lowest BCUT2D eigenvalue weighted by Gasteiger charge is -2.03. The molecule has 0 atom stereocenters. The Labute approximate surface area is 164 Å². The van der Waals surface area contributed by atoms with Crippen molar-refractivity contribution in [2.45, 2.75) is 0 Å². The van der Waals surface area contributed by atoms with Gasteiger partial charge in [0.25, 0.3) is 0 Å². The number of hydrogen-bond acceptors (Lipinski definition) is 3. The number of rotatable bonds is 2. The van der Waals surface area contributed by atoms with E-state index in [0.717, 1.165) is 6.07 Å². The van der Waals surface area contributed by atoms with Crippen molar-refractivity contribution in [3.8, 4) is 29.0 Å². The fourth-order valence-corrected chi connectivity index (χ4v) is 2.81. The van der Waals surface area contributed by atoms with Crippen LogP contribution in [0.3, 0.4) is 0 Å². The summed E-state index contributed by atoms with van der Waals surface area (Å²) in [6, 6.07) is 11.7. The smallest absolute Gasteiger partial charge is 0.166 e. The van der Waals surface area contributed by atoms with Gasteiger partial charge in [0.1, 0.15) is 5.82 Å². The minimum Gasteiger partial charge on any atom is -0.494 e. The molecular weight excluding hydrogens is 377 g/mol. The van der Waals surface area contributed by atoms with E-state index in [-0.39, 0.29) is 10.9 Å². The second kappa shape index (κ2) is 7.64. The van der Waals surface area contributed by atoms with Crippen LogP contribution in [0, 0.1) is 29.3 Å². The molecule has 4 rings (SSSR count). The van der Waals surface area contributed by atoms with Gasteiger partial charge in [-0.25, -0.2) is 23.1 Å². The van der Waals surface area contributed by atoms with E-state index in [0.29, 0.717) is 28.1 Å². The molecule has 0 saturated carbocycles. The number of nitrogens with zero attached hydrogens (tertiary/aromatic N) is 2. The lowest BCUT2D eigenvalue weighted by molar-refractivity contribution is 0.411. The van der Waals surface area contributed by atoms with E-state index in [1.54, 1.807) is 24.3 Å². The van der Waals surface area contributed by atoms with Crippen LogP contribution < -0.4 is 4.74 Å². The summed E-state index contributed by atoms with van der Waals surface area (Å²) in [4.78, 5) is 8.26.